The molecule has 0 fully saturated rings. The first-order chi connectivity index (χ1) is 20.1. The van der Waals surface area contributed by atoms with Crippen molar-refractivity contribution < 1.29 is 14.7 Å². The number of rotatable bonds is 13. The molecule has 0 aliphatic carbocycles. The molecule has 0 spiro atoms. The quantitative estimate of drug-likeness (QED) is 0.0506. The summed E-state index contributed by atoms with van der Waals surface area (Å²) >= 11 is 2.14. The maximum absolute atomic E-state index is 11.8. The molecule has 6 nitrogen and oxygen atoms in total. The van der Waals surface area contributed by atoms with Crippen molar-refractivity contribution in [3.05, 3.63) is 89.1 Å². The number of hydrogen-bond acceptors (Lipinski definition) is 7. The Labute approximate surface area is 266 Å². The monoisotopic (exact) mass is 621 g/mol. The van der Waals surface area contributed by atoms with Gasteiger partial charge in [-0.25, -0.2) is 0 Å². The average molecular weight is 622 g/mol. The zero-order chi connectivity index (χ0) is 33.2. The molecule has 0 heterocycles. The largest absolute Gasteiger partial charge is 0.497 e. The van der Waals surface area contributed by atoms with Gasteiger partial charge in [0, 0.05) is 6.54 Å². The normalized spacial score (nSPS) is 11.0. The molecule has 1 aromatic carbocycles. The van der Waals surface area contributed by atoms with Crippen LogP contribution in [0.15, 0.2) is 88.7 Å². The Morgan fingerprint density at radius 2 is 1.62 bits per heavy atom. The predicted octanol–water partition coefficient (Wildman–Crippen LogP) is 10.4. The van der Waals surface area contributed by atoms with Crippen LogP contribution in [0.25, 0.3) is 0 Å². The topological polar surface area (TPSA) is 96.9 Å². The molecule has 0 saturated heterocycles. The maximum Gasteiger partial charge on any atom is 0.257 e. The number of thioether (sulfide) groups is 1. The lowest BCUT2D eigenvalue weighted by atomic mass is 9.91. The molecule has 4 N–H and O–H groups in total. The van der Waals surface area contributed by atoms with E-state index < -0.39 is 0 Å². The van der Waals surface area contributed by atoms with E-state index in [2.05, 4.69) is 70.9 Å². The SMILES string of the molecule is C=C(S/C(=C/C(CC(CC)c1ccc(OC)cc1)=N/O)SN)C(=O)NCC.C=CC.C=CC/C=C\C.CCC.CCC. The van der Waals surface area contributed by atoms with Gasteiger partial charge in [0.25, 0.3) is 5.91 Å². The van der Waals surface area contributed by atoms with E-state index in [1.54, 1.807) is 19.3 Å². The van der Waals surface area contributed by atoms with Gasteiger partial charge >= 0.3 is 0 Å². The first-order valence-electron chi connectivity index (χ1n) is 14.5. The molecule has 0 bridgehead atoms. The molecule has 1 rings (SSSR count). The smallest absolute Gasteiger partial charge is 0.257 e. The Kier molecular flexibility index (Phi) is 40.1. The summed E-state index contributed by atoms with van der Waals surface area (Å²) < 4.78 is 5.82. The summed E-state index contributed by atoms with van der Waals surface area (Å²) in [6, 6.07) is 7.85. The number of nitrogens with zero attached hydrogens (tertiary/aromatic N) is 1. The van der Waals surface area contributed by atoms with Crippen LogP contribution in [0.4, 0.5) is 0 Å². The summed E-state index contributed by atoms with van der Waals surface area (Å²) in [5.74, 6) is 0.736. The van der Waals surface area contributed by atoms with Crippen LogP contribution in [-0.4, -0.2) is 30.5 Å². The molecular formula is C34H59N3O3S2. The second-order valence-electron chi connectivity index (χ2n) is 8.56. The number of carbonyl (C=O) groups excluding carboxylic acids is 1. The lowest BCUT2D eigenvalue weighted by Crippen LogP contribution is -2.22. The molecule has 1 atom stereocenters. The Bertz CT molecular complexity index is 894. The van der Waals surface area contributed by atoms with Gasteiger partial charge in [0.2, 0.25) is 0 Å². The van der Waals surface area contributed by atoms with Crippen LogP contribution < -0.4 is 15.2 Å². The highest BCUT2D eigenvalue weighted by Gasteiger charge is 2.15. The summed E-state index contributed by atoms with van der Waals surface area (Å²) in [5, 5.41) is 21.2. The lowest BCUT2D eigenvalue weighted by molar-refractivity contribution is -0.116. The fourth-order valence-corrected chi connectivity index (χ4v) is 3.94. The van der Waals surface area contributed by atoms with Crippen molar-refractivity contribution in [1.82, 2.24) is 5.32 Å². The molecule has 0 aromatic heterocycles. The van der Waals surface area contributed by atoms with Gasteiger partial charge in [-0.2, -0.15) is 0 Å². The molecule has 0 radical (unpaired) electrons. The molecule has 240 valence electrons. The lowest BCUT2D eigenvalue weighted by Gasteiger charge is -2.16. The molecule has 1 unspecified atom stereocenters. The summed E-state index contributed by atoms with van der Waals surface area (Å²) in [7, 11) is 1.63. The van der Waals surface area contributed by atoms with Crippen LogP contribution in [-0.2, 0) is 4.79 Å². The summed E-state index contributed by atoms with van der Waals surface area (Å²) in [4.78, 5) is 12.1. The predicted molar refractivity (Wildman–Crippen MR) is 193 cm³/mol. The average Bonchev–Trinajstić information content (AvgIpc) is 2.99. The van der Waals surface area contributed by atoms with Crippen LogP contribution >= 0.6 is 23.7 Å². The van der Waals surface area contributed by atoms with Gasteiger partial charge in [-0.05, 0) is 81.7 Å². The number of amides is 1. The number of likely N-dealkylation sites (N-methyl/N-ethyl adjacent to an activating group) is 1. The van der Waals surface area contributed by atoms with Crippen molar-refractivity contribution in [3.63, 3.8) is 0 Å². The number of methoxy groups -OCH3 is 1. The zero-order valence-corrected chi connectivity index (χ0v) is 29.4. The van der Waals surface area contributed by atoms with Crippen molar-refractivity contribution in [1.29, 1.82) is 0 Å². The van der Waals surface area contributed by atoms with E-state index in [4.69, 9.17) is 9.88 Å². The van der Waals surface area contributed by atoms with E-state index in [1.165, 1.54) is 12.8 Å². The van der Waals surface area contributed by atoms with Crippen molar-refractivity contribution in [2.45, 2.75) is 93.4 Å². The Morgan fingerprint density at radius 1 is 1.10 bits per heavy atom. The minimum absolute atomic E-state index is 0.179. The van der Waals surface area contributed by atoms with Crippen LogP contribution in [0.2, 0.25) is 0 Å². The Morgan fingerprint density at radius 3 is 1.95 bits per heavy atom. The summed E-state index contributed by atoms with van der Waals surface area (Å²) in [6.45, 7) is 27.5. The Balaban J connectivity index is -0.000000398. The van der Waals surface area contributed by atoms with Gasteiger partial charge < -0.3 is 15.3 Å². The Hall–Kier alpha value is -2.68. The number of benzene rings is 1. The number of nitrogens with two attached hydrogens (primary N) is 1. The van der Waals surface area contributed by atoms with Gasteiger partial charge in [0.1, 0.15) is 5.75 Å². The maximum atomic E-state index is 11.8. The molecule has 1 amide bonds. The first-order valence-corrected chi connectivity index (χ1v) is 16.2. The number of ether oxygens (including phenoxy) is 1. The molecule has 0 saturated carbocycles. The third-order valence-corrected chi connectivity index (χ3v) is 6.06. The highest BCUT2D eigenvalue weighted by Crippen LogP contribution is 2.32. The van der Waals surface area contributed by atoms with E-state index in [0.29, 0.717) is 27.8 Å². The fraction of sp³-hybridized carbons (Fsp3) is 0.471. The summed E-state index contributed by atoms with van der Waals surface area (Å²) in [6.07, 6.45) is 14.3. The van der Waals surface area contributed by atoms with E-state index in [1.807, 2.05) is 57.2 Å². The summed E-state index contributed by atoms with van der Waals surface area (Å²) in [5.41, 5.74) is 1.62. The van der Waals surface area contributed by atoms with E-state index in [0.717, 1.165) is 47.9 Å². The molecular weight excluding hydrogens is 563 g/mol. The highest BCUT2D eigenvalue weighted by molar-refractivity contribution is 8.23. The molecule has 0 aliphatic rings. The van der Waals surface area contributed by atoms with Gasteiger partial charge in [-0.15, -0.1) is 13.2 Å². The van der Waals surface area contributed by atoms with Crippen molar-refractivity contribution in [2.24, 2.45) is 10.3 Å². The highest BCUT2D eigenvalue weighted by atomic mass is 32.2. The van der Waals surface area contributed by atoms with Crippen LogP contribution in [0.5, 0.6) is 5.75 Å². The fourth-order valence-electron chi connectivity index (χ4n) is 2.64. The standard InChI is InChI=1S/C19H27N3O3S2.C6H10.2C3H8.C3H6/c1-5-14(15-7-9-17(25-4)10-8-15)11-16(22-24)12-18(27-20)26-13(3)19(23)21-6-2;1-3-5-6-4-2;3*1-3-2/h7-10,12,14,24H,3,5-6,11,20H2,1-2,4H3,(H,21,23);3-4,6H,1,5H2,2H3;2*3H2,1-2H3;3H,1H2,2H3/b18-12-,22-16+;6-4-;;;. The van der Waals surface area contributed by atoms with Gasteiger partial charge in [0.15, 0.2) is 0 Å². The number of allylic oxidation sites excluding steroid dienone is 5. The second-order valence-corrected chi connectivity index (χ2v) is 10.6. The number of oxime groups is 1. The van der Waals surface area contributed by atoms with E-state index >= 15 is 0 Å². The zero-order valence-electron chi connectivity index (χ0n) is 27.7. The minimum Gasteiger partial charge on any atom is -0.497 e. The third-order valence-electron chi connectivity index (χ3n) is 4.42. The van der Waals surface area contributed by atoms with Crippen LogP contribution in [0, 0.1) is 0 Å². The van der Waals surface area contributed by atoms with Crippen LogP contribution in [0.3, 0.4) is 0 Å². The third kappa shape index (κ3) is 28.8. The number of hydrogen-bond donors (Lipinski definition) is 3. The van der Waals surface area contributed by atoms with Crippen molar-refractivity contribution in [3.8, 4) is 5.75 Å². The van der Waals surface area contributed by atoms with Gasteiger partial charge in [-0.1, -0.05) is 107 Å². The van der Waals surface area contributed by atoms with E-state index in [9.17, 15) is 10.0 Å². The van der Waals surface area contributed by atoms with E-state index in [-0.39, 0.29) is 11.8 Å². The van der Waals surface area contributed by atoms with Crippen LogP contribution in [0.1, 0.15) is 99.0 Å². The minimum atomic E-state index is -0.241. The molecule has 42 heavy (non-hydrogen) atoms. The molecule has 1 aromatic rings. The first kappa shape index (κ1) is 46.3. The van der Waals surface area contributed by atoms with Crippen molar-refractivity contribution >= 4 is 35.3 Å². The number of nitrogens with one attached hydrogen (secondary N) is 1. The van der Waals surface area contributed by atoms with Crippen molar-refractivity contribution in [2.75, 3.05) is 13.7 Å². The molecule has 0 aliphatic heterocycles. The van der Waals surface area contributed by atoms with Gasteiger partial charge in [0.05, 0.1) is 22.0 Å². The second kappa shape index (κ2) is 36.3. The molecule has 8 heteroatoms. The van der Waals surface area contributed by atoms with Gasteiger partial charge in [-0.3, -0.25) is 9.93 Å². The number of carbonyl (C=O) groups is 1.